The van der Waals surface area contributed by atoms with Gasteiger partial charge in [0.1, 0.15) is 96.1 Å². The van der Waals surface area contributed by atoms with Crippen molar-refractivity contribution in [2.75, 3.05) is 112 Å². The zero-order valence-electron chi connectivity index (χ0n) is 76.2. The van der Waals surface area contributed by atoms with Gasteiger partial charge in [-0.2, -0.15) is 0 Å². The maximum absolute atomic E-state index is 13.7. The first-order valence-electron chi connectivity index (χ1n) is 44.0. The van der Waals surface area contributed by atoms with Crippen LogP contribution in [-0.2, 0) is 258 Å². The third-order valence-electron chi connectivity index (χ3n) is 20.2. The van der Waals surface area contributed by atoms with Crippen molar-refractivity contribution >= 4 is 190 Å². The van der Waals surface area contributed by atoms with Crippen molar-refractivity contribution in [2.45, 2.75) is 192 Å². The fraction of sp³-hybridized carbons (Fsp3) is 0.610. The third kappa shape index (κ3) is 37.8. The molecule has 0 radical (unpaired) electrons. The number of carbonyl (C=O) groups excluding carboxylic acids is 32. The maximum Gasteiger partial charge on any atom is 0.344 e. The van der Waals surface area contributed by atoms with E-state index in [0.717, 1.165) is 0 Å². The molecule has 8 aliphatic heterocycles. The summed E-state index contributed by atoms with van der Waals surface area (Å²) in [5, 5.41) is 0.902. The van der Waals surface area contributed by atoms with Gasteiger partial charge in [-0.05, 0) is 19.3 Å². The number of amides is 16. The highest BCUT2D eigenvalue weighted by Crippen LogP contribution is 2.30. The van der Waals surface area contributed by atoms with Crippen LogP contribution in [0.2, 0.25) is 0 Å². The summed E-state index contributed by atoms with van der Waals surface area (Å²) in [6.07, 6.45) is -21.9. The minimum atomic E-state index is -1.78. The number of imide groups is 8. The monoisotopic (exact) mass is 2050 g/mol. The molecule has 6 unspecified atom stereocenters. The molecule has 0 bridgehead atoms. The minimum absolute atomic E-state index is 0.0749. The van der Waals surface area contributed by atoms with Gasteiger partial charge in [0.15, 0.2) is 0 Å². The molecule has 0 aromatic heterocycles. The number of hydrogen-bond donors (Lipinski definition) is 0. The number of carbonyl (C=O) groups is 32. The molecule has 786 valence electrons. The summed E-state index contributed by atoms with van der Waals surface area (Å²) in [4.78, 5) is 443. The zero-order chi connectivity index (χ0) is 105. The Kier molecular flexibility index (Phi) is 45.3. The van der Waals surface area contributed by atoms with Crippen molar-refractivity contribution in [3.63, 3.8) is 0 Å². The lowest BCUT2D eigenvalue weighted by Crippen LogP contribution is -2.48. The Balaban J connectivity index is 1.07. The topological polar surface area (TPSA) is 775 Å². The minimum Gasteiger partial charge on any atom is -0.465 e. The van der Waals surface area contributed by atoms with Crippen LogP contribution in [0.15, 0.2) is 0 Å². The summed E-state index contributed by atoms with van der Waals surface area (Å²) in [7, 11) is 0. The molecule has 0 N–H and O–H groups in total. The standard InChI is InChI=1S/C82H94N8O54/c91-50-3-4-51(92)83(50)137-74(115)31-66(107)128-22-19-45(40-134-71(112)36-79(120)142-88-60(101)13-14-61(88)102)47(42-136-73(114)38-81(122)144-90-64(105)17-18-65(90)106)46(41-135-72(113)37-80(121)143-89-62(103)15-16-63(89)104)39-123-20-1-2-21-124-43-48(126-25-27-130-68(109)33-76(117)139-85-54(95)7-8-55(85)96)82(133-30-29-132-70(111)35-78(119)141-87-58(99)11-12-59(87)100)49(127-26-28-131-69(110)34-77(118)140-86-56(97)9-10-57(86)98)44-125-23-24-129-67(108)32-75(116)138-84-52(93)5-6-53(84)94/h45-49,82H,1-44H2. The number of esters is 8. The van der Waals surface area contributed by atoms with E-state index in [0.29, 0.717) is 0 Å². The Hall–Kier alpha value is -15.6. The number of nitrogens with zero attached hydrogens (tertiary/aromatic N) is 8. The molecule has 0 saturated carbocycles. The van der Waals surface area contributed by atoms with E-state index in [2.05, 4.69) is 0 Å². The van der Waals surface area contributed by atoms with Crippen LogP contribution >= 0.6 is 0 Å². The van der Waals surface area contributed by atoms with Gasteiger partial charge in [-0.1, -0.05) is 0 Å². The lowest BCUT2D eigenvalue weighted by molar-refractivity contribution is -0.199. The predicted molar refractivity (Wildman–Crippen MR) is 428 cm³/mol. The van der Waals surface area contributed by atoms with Crippen LogP contribution in [0.5, 0.6) is 0 Å². The molecule has 8 aliphatic rings. The average Bonchev–Trinajstić information content (AvgIpc) is 1.36. The van der Waals surface area contributed by atoms with Crippen LogP contribution in [-0.4, -0.2) is 361 Å². The molecule has 0 aromatic carbocycles. The first kappa shape index (κ1) is 114. The van der Waals surface area contributed by atoms with E-state index in [-0.39, 0.29) is 130 Å². The van der Waals surface area contributed by atoms with Gasteiger partial charge < -0.3 is 105 Å². The van der Waals surface area contributed by atoms with Crippen LogP contribution in [0.25, 0.3) is 0 Å². The quantitative estimate of drug-likeness (QED) is 0.0180. The molecule has 144 heavy (non-hydrogen) atoms. The van der Waals surface area contributed by atoms with Crippen molar-refractivity contribution in [1.29, 1.82) is 0 Å². The van der Waals surface area contributed by atoms with Crippen LogP contribution in [0.3, 0.4) is 0 Å². The molecule has 16 amide bonds. The Labute approximate surface area is 808 Å². The Bertz CT molecular complexity index is 4860. The molecule has 0 aliphatic carbocycles. The largest absolute Gasteiger partial charge is 0.465 e. The summed E-state index contributed by atoms with van der Waals surface area (Å²) >= 11 is 0. The van der Waals surface area contributed by atoms with Crippen molar-refractivity contribution in [3.05, 3.63) is 0 Å². The highest BCUT2D eigenvalue weighted by Gasteiger charge is 2.44. The van der Waals surface area contributed by atoms with Crippen molar-refractivity contribution in [2.24, 2.45) is 17.8 Å². The third-order valence-corrected chi connectivity index (χ3v) is 20.2. The first-order chi connectivity index (χ1) is 68.6. The molecular formula is C82H94N8O54. The van der Waals surface area contributed by atoms with E-state index in [1.807, 2.05) is 0 Å². The van der Waals surface area contributed by atoms with Gasteiger partial charge in [0.05, 0.1) is 72.7 Å². The van der Waals surface area contributed by atoms with Gasteiger partial charge in [-0.3, -0.25) is 115 Å². The fourth-order valence-corrected chi connectivity index (χ4v) is 13.2. The first-order valence-corrected chi connectivity index (χ1v) is 44.0. The Morgan fingerprint density at radius 1 is 0.188 bits per heavy atom. The highest BCUT2D eigenvalue weighted by atomic mass is 16.8. The molecule has 0 aromatic rings. The van der Waals surface area contributed by atoms with Crippen molar-refractivity contribution in [3.8, 4) is 0 Å². The van der Waals surface area contributed by atoms with Crippen molar-refractivity contribution in [1.82, 2.24) is 40.5 Å². The molecule has 6 atom stereocenters. The van der Waals surface area contributed by atoms with E-state index in [4.69, 9.17) is 105 Å². The van der Waals surface area contributed by atoms with Gasteiger partial charge >= 0.3 is 95.5 Å². The van der Waals surface area contributed by atoms with E-state index in [1.165, 1.54) is 0 Å². The second-order valence-corrected chi connectivity index (χ2v) is 31.0. The fourth-order valence-electron chi connectivity index (χ4n) is 13.2. The number of unbranched alkanes of at least 4 members (excludes halogenated alkanes) is 1. The van der Waals surface area contributed by atoms with Gasteiger partial charge in [-0.25, -0.2) is 38.4 Å². The van der Waals surface area contributed by atoms with E-state index >= 15 is 0 Å². The normalized spacial score (nSPS) is 17.1. The lowest BCUT2D eigenvalue weighted by Gasteiger charge is -2.33. The van der Waals surface area contributed by atoms with Gasteiger partial charge in [-0.15, -0.1) is 40.5 Å². The molecular weight excluding hydrogens is 1960 g/mol. The zero-order valence-corrected chi connectivity index (χ0v) is 76.2. The van der Waals surface area contributed by atoms with Crippen LogP contribution in [0, 0.1) is 17.8 Å². The molecule has 8 rings (SSSR count). The van der Waals surface area contributed by atoms with Gasteiger partial charge in [0.25, 0.3) is 94.5 Å². The predicted octanol–water partition coefficient (Wildman–Crippen LogP) is -6.47. The van der Waals surface area contributed by atoms with Gasteiger partial charge in [0.2, 0.25) is 0 Å². The smallest absolute Gasteiger partial charge is 0.344 e. The van der Waals surface area contributed by atoms with E-state index < -0.39 is 422 Å². The number of hydroxylamine groups is 16. The van der Waals surface area contributed by atoms with E-state index in [1.54, 1.807) is 0 Å². The molecule has 0 spiro atoms. The second-order valence-electron chi connectivity index (χ2n) is 31.0. The lowest BCUT2D eigenvalue weighted by atomic mass is 9.81. The van der Waals surface area contributed by atoms with Crippen LogP contribution in [0.1, 0.15) is 173 Å². The summed E-state index contributed by atoms with van der Waals surface area (Å²) in [6, 6.07) is 0. The maximum atomic E-state index is 13.7. The summed E-state index contributed by atoms with van der Waals surface area (Å²) in [5.41, 5.74) is 0. The average molecular weight is 2060 g/mol. The highest BCUT2D eigenvalue weighted by molar-refractivity contribution is 6.08. The Morgan fingerprint density at radius 2 is 0.382 bits per heavy atom. The molecule has 62 heteroatoms. The number of rotatable bonds is 63. The molecule has 62 nitrogen and oxygen atoms in total. The number of ether oxygens (including phenoxy) is 14. The summed E-state index contributed by atoms with van der Waals surface area (Å²) in [5.74, 6) is -42.9. The summed E-state index contributed by atoms with van der Waals surface area (Å²) in [6.45, 7) is -13.2. The molecule has 8 saturated heterocycles. The molecule has 8 fully saturated rings. The summed E-state index contributed by atoms with van der Waals surface area (Å²) < 4.78 is 78.9. The molecule has 8 heterocycles. The second kappa shape index (κ2) is 57.3. The van der Waals surface area contributed by atoms with Crippen molar-refractivity contribution < 1.29 is 258 Å². The van der Waals surface area contributed by atoms with E-state index in [9.17, 15) is 153 Å². The van der Waals surface area contributed by atoms with Crippen LogP contribution < -0.4 is 0 Å². The SMILES string of the molecule is O=C(CC(=O)ON1C(=O)CCC1=O)OCCOCC(OCCOC(=O)CC(=O)ON1C(=O)CCC1=O)C(OCCOC(=O)CC(=O)ON1C(=O)CCC1=O)C(COCCCCOCC(COC(=O)CC(=O)ON1C(=O)CCC1=O)C(COC(=O)CC(=O)ON1C(=O)CCC1=O)C(CCOC(=O)CC(=O)ON1C(=O)CCC1=O)COC(=O)CC(=O)ON1C(=O)CCC1=O)OCCOC(=O)CC(=O)ON1C(=O)CCC1=O. The number of hydrogen-bond acceptors (Lipinski definition) is 54. The van der Waals surface area contributed by atoms with Gasteiger partial charge in [0, 0.05) is 134 Å². The Morgan fingerprint density at radius 3 is 0.632 bits per heavy atom. The van der Waals surface area contributed by atoms with Crippen LogP contribution in [0.4, 0.5) is 0 Å².